The van der Waals surface area contributed by atoms with Gasteiger partial charge in [0.2, 0.25) is 0 Å². The molecule has 0 aromatic carbocycles. The molecule has 0 heterocycles. The summed E-state index contributed by atoms with van der Waals surface area (Å²) in [5, 5.41) is 0. The van der Waals surface area contributed by atoms with Gasteiger partial charge in [0, 0.05) is 0 Å². The van der Waals surface area contributed by atoms with Crippen molar-refractivity contribution < 1.29 is 4.57 Å². The molecule has 1 unspecified atom stereocenters. The predicted molar refractivity (Wildman–Crippen MR) is 54.0 cm³/mol. The number of hydrogen-bond acceptors (Lipinski definition) is 1. The molecule has 3 heteroatoms. The number of rotatable bonds is 1. The van der Waals surface area contributed by atoms with Crippen LogP contribution in [0.4, 0.5) is 0 Å². The zero-order valence-electron chi connectivity index (χ0n) is 6.75. The Bertz CT molecular complexity index is 251. The maximum atomic E-state index is 11.8. The molecular formula is C8H12BrOP. The maximum Gasteiger partial charge on any atom is 0.102 e. The van der Waals surface area contributed by atoms with Crippen LogP contribution in [-0.4, -0.2) is 17.4 Å². The van der Waals surface area contributed by atoms with E-state index in [2.05, 4.69) is 15.9 Å². The molecule has 0 saturated carbocycles. The van der Waals surface area contributed by atoms with Gasteiger partial charge in [0.1, 0.15) is 7.14 Å². The minimum atomic E-state index is -2.07. The monoisotopic (exact) mass is 234 g/mol. The minimum absolute atomic E-state index is 0.283. The second-order valence-electron chi connectivity index (χ2n) is 3.16. The first-order chi connectivity index (χ1) is 4.96. The van der Waals surface area contributed by atoms with E-state index in [0.717, 1.165) is 6.42 Å². The van der Waals surface area contributed by atoms with E-state index >= 15 is 0 Å². The van der Waals surface area contributed by atoms with Crippen LogP contribution >= 0.6 is 23.1 Å². The molecule has 1 aliphatic carbocycles. The molecule has 11 heavy (non-hydrogen) atoms. The van der Waals surface area contributed by atoms with Crippen LogP contribution in [0.1, 0.15) is 6.42 Å². The number of halogens is 1. The number of alkyl halides is 1. The van der Waals surface area contributed by atoms with Crippen molar-refractivity contribution in [2.75, 3.05) is 13.3 Å². The smallest absolute Gasteiger partial charge is 0.102 e. The fourth-order valence-corrected chi connectivity index (χ4v) is 2.31. The topological polar surface area (TPSA) is 17.1 Å². The Kier molecular flexibility index (Phi) is 2.46. The first-order valence-corrected chi connectivity index (χ1v) is 6.93. The lowest BCUT2D eigenvalue weighted by molar-refractivity contribution is 0.575. The lowest BCUT2D eigenvalue weighted by atomic mass is 10.2. The van der Waals surface area contributed by atoms with Crippen molar-refractivity contribution >= 4 is 23.1 Å². The molecule has 1 aliphatic rings. The Balaban J connectivity index is 2.94. The van der Waals surface area contributed by atoms with Gasteiger partial charge in [-0.25, -0.2) is 0 Å². The second-order valence-corrected chi connectivity index (χ2v) is 8.69. The van der Waals surface area contributed by atoms with E-state index in [4.69, 9.17) is 0 Å². The van der Waals surface area contributed by atoms with E-state index in [-0.39, 0.29) is 4.07 Å². The molecule has 0 fully saturated rings. The molecule has 0 aliphatic heterocycles. The van der Waals surface area contributed by atoms with Gasteiger partial charge in [0.25, 0.3) is 0 Å². The van der Waals surface area contributed by atoms with E-state index in [1.54, 1.807) is 0 Å². The summed E-state index contributed by atoms with van der Waals surface area (Å²) in [4.78, 5) is 0. The summed E-state index contributed by atoms with van der Waals surface area (Å²) < 4.78 is 11.5. The Hall–Kier alpha value is 0.190. The first-order valence-electron chi connectivity index (χ1n) is 3.54. The highest BCUT2D eigenvalue weighted by Gasteiger charge is 2.36. The number of hydrogen-bond donors (Lipinski definition) is 0. The van der Waals surface area contributed by atoms with Gasteiger partial charge in [-0.3, -0.25) is 0 Å². The highest BCUT2D eigenvalue weighted by atomic mass is 79.9. The van der Waals surface area contributed by atoms with Crippen molar-refractivity contribution in [2.24, 2.45) is 0 Å². The molecule has 0 amide bonds. The molecule has 0 aromatic heterocycles. The summed E-state index contributed by atoms with van der Waals surface area (Å²) in [5.74, 6) is 0. The van der Waals surface area contributed by atoms with Crippen molar-refractivity contribution in [3.05, 3.63) is 24.3 Å². The summed E-state index contributed by atoms with van der Waals surface area (Å²) in [6, 6.07) is 0. The Labute approximate surface area is 76.1 Å². The van der Waals surface area contributed by atoms with Gasteiger partial charge in [-0.1, -0.05) is 40.2 Å². The molecule has 62 valence electrons. The largest absolute Gasteiger partial charge is 0.322 e. The molecular weight excluding hydrogens is 223 g/mol. The van der Waals surface area contributed by atoms with Crippen molar-refractivity contribution in [3.63, 3.8) is 0 Å². The third kappa shape index (κ3) is 1.86. The van der Waals surface area contributed by atoms with Gasteiger partial charge >= 0.3 is 0 Å². The lowest BCUT2D eigenvalue weighted by Gasteiger charge is -2.28. The number of allylic oxidation sites excluding steroid dienone is 4. The predicted octanol–water partition coefficient (Wildman–Crippen LogP) is 3.22. The van der Waals surface area contributed by atoms with Crippen LogP contribution in [0.15, 0.2) is 24.3 Å². The zero-order chi connectivity index (χ0) is 8.54. The minimum Gasteiger partial charge on any atom is -0.322 e. The van der Waals surface area contributed by atoms with Crippen LogP contribution in [0, 0.1) is 0 Å². The molecule has 1 nitrogen and oxygen atoms in total. The van der Waals surface area contributed by atoms with E-state index in [0.29, 0.717) is 0 Å². The average molecular weight is 235 g/mol. The Morgan fingerprint density at radius 1 is 1.45 bits per heavy atom. The summed E-state index contributed by atoms with van der Waals surface area (Å²) >= 11 is 3.52. The van der Waals surface area contributed by atoms with E-state index in [1.807, 2.05) is 37.6 Å². The highest BCUT2D eigenvalue weighted by molar-refractivity contribution is 9.11. The zero-order valence-corrected chi connectivity index (χ0v) is 9.23. The summed E-state index contributed by atoms with van der Waals surface area (Å²) in [5.41, 5.74) is 0. The summed E-state index contributed by atoms with van der Waals surface area (Å²) in [6.07, 6.45) is 8.77. The van der Waals surface area contributed by atoms with Gasteiger partial charge in [0.05, 0.1) is 4.07 Å². The van der Waals surface area contributed by atoms with Gasteiger partial charge in [-0.15, -0.1) is 0 Å². The fraction of sp³-hybridized carbons (Fsp3) is 0.500. The third-order valence-corrected chi connectivity index (χ3v) is 7.17. The van der Waals surface area contributed by atoms with Crippen molar-refractivity contribution in [2.45, 2.75) is 10.5 Å². The summed E-state index contributed by atoms with van der Waals surface area (Å²) in [7, 11) is -2.07. The van der Waals surface area contributed by atoms with Crippen LogP contribution in [0.25, 0.3) is 0 Å². The van der Waals surface area contributed by atoms with Crippen molar-refractivity contribution in [3.8, 4) is 0 Å². The molecule has 0 aromatic rings. The quantitative estimate of drug-likeness (QED) is 0.503. The van der Waals surface area contributed by atoms with E-state index < -0.39 is 7.14 Å². The average Bonchev–Trinajstić information content (AvgIpc) is 1.87. The van der Waals surface area contributed by atoms with Crippen molar-refractivity contribution in [1.29, 1.82) is 0 Å². The van der Waals surface area contributed by atoms with Gasteiger partial charge in [-0.05, 0) is 19.8 Å². The molecule has 0 N–H and O–H groups in total. The fourth-order valence-electron chi connectivity index (χ4n) is 0.982. The standard InChI is InChI=1S/C8H12BrOP/c1-11(2,10)8(9)6-4-3-5-7-8/h3-6H,7H2,1-2H3. The second kappa shape index (κ2) is 2.91. The Morgan fingerprint density at radius 2 is 2.09 bits per heavy atom. The molecule has 0 saturated heterocycles. The van der Waals surface area contributed by atoms with Gasteiger partial charge in [-0.2, -0.15) is 0 Å². The van der Waals surface area contributed by atoms with Crippen LogP contribution in [-0.2, 0) is 4.57 Å². The lowest BCUT2D eigenvalue weighted by Crippen LogP contribution is -2.17. The highest BCUT2D eigenvalue weighted by Crippen LogP contribution is 2.59. The van der Waals surface area contributed by atoms with Crippen LogP contribution in [0.5, 0.6) is 0 Å². The molecule has 1 atom stereocenters. The molecule has 1 rings (SSSR count). The Morgan fingerprint density at radius 3 is 2.36 bits per heavy atom. The molecule has 0 spiro atoms. The van der Waals surface area contributed by atoms with Crippen LogP contribution in [0.3, 0.4) is 0 Å². The molecule has 0 bridgehead atoms. The third-order valence-electron chi connectivity index (χ3n) is 1.90. The normalized spacial score (nSPS) is 30.8. The van der Waals surface area contributed by atoms with Crippen LogP contribution in [0.2, 0.25) is 0 Å². The first kappa shape index (κ1) is 9.28. The van der Waals surface area contributed by atoms with E-state index in [1.165, 1.54) is 0 Å². The maximum absolute atomic E-state index is 11.8. The summed E-state index contributed by atoms with van der Waals surface area (Å²) in [6.45, 7) is 3.62. The van der Waals surface area contributed by atoms with Gasteiger partial charge in [0.15, 0.2) is 0 Å². The SMILES string of the molecule is CP(C)(=O)C1(Br)C=CC=CC1. The van der Waals surface area contributed by atoms with Gasteiger partial charge < -0.3 is 4.57 Å². The molecule has 0 radical (unpaired) electrons. The van der Waals surface area contributed by atoms with Crippen LogP contribution < -0.4 is 0 Å². The van der Waals surface area contributed by atoms with E-state index in [9.17, 15) is 4.57 Å². The van der Waals surface area contributed by atoms with Crippen molar-refractivity contribution in [1.82, 2.24) is 0 Å².